The summed E-state index contributed by atoms with van der Waals surface area (Å²) in [4.78, 5) is 28.5. The SMILES string of the molecule is Cn1c(SCC(=O)NC2=NN(c3ccccc3)C(=O)C2)nnc1-c1ccncc1. The third-order valence-corrected chi connectivity index (χ3v) is 5.19. The molecule has 0 fully saturated rings. The van der Waals surface area contributed by atoms with Crippen LogP contribution in [-0.4, -0.2) is 43.2 Å². The summed E-state index contributed by atoms with van der Waals surface area (Å²) in [6, 6.07) is 12.8. The molecule has 4 rings (SSSR count). The second kappa shape index (κ2) is 8.23. The highest BCUT2D eigenvalue weighted by molar-refractivity contribution is 7.99. The average Bonchev–Trinajstić information content (AvgIpc) is 3.29. The number of nitrogens with zero attached hydrogens (tertiary/aromatic N) is 6. The topological polar surface area (TPSA) is 105 Å². The van der Waals surface area contributed by atoms with Gasteiger partial charge in [-0.25, -0.2) is 0 Å². The molecule has 1 N–H and O–H groups in total. The molecular formula is C19H17N7O2S. The maximum Gasteiger partial charge on any atom is 0.255 e. The zero-order valence-electron chi connectivity index (χ0n) is 15.5. The van der Waals surface area contributed by atoms with E-state index in [9.17, 15) is 9.59 Å². The number of nitrogens with one attached hydrogen (secondary N) is 1. The van der Waals surface area contributed by atoms with Crippen LogP contribution in [-0.2, 0) is 16.6 Å². The molecule has 0 atom stereocenters. The van der Waals surface area contributed by atoms with Crippen molar-refractivity contribution in [3.63, 3.8) is 0 Å². The van der Waals surface area contributed by atoms with Gasteiger partial charge in [0.1, 0.15) is 5.84 Å². The zero-order valence-corrected chi connectivity index (χ0v) is 16.3. The van der Waals surface area contributed by atoms with Gasteiger partial charge in [-0.1, -0.05) is 30.0 Å². The van der Waals surface area contributed by atoms with Gasteiger partial charge in [0.05, 0.1) is 17.9 Å². The third kappa shape index (κ3) is 4.16. The molecule has 0 aliphatic carbocycles. The maximum atomic E-state index is 12.3. The molecule has 0 saturated carbocycles. The summed E-state index contributed by atoms with van der Waals surface area (Å²) in [5.41, 5.74) is 1.56. The van der Waals surface area contributed by atoms with Gasteiger partial charge in [0, 0.05) is 25.0 Å². The number of para-hydroxylation sites is 1. The fourth-order valence-corrected chi connectivity index (χ4v) is 3.50. The third-order valence-electron chi connectivity index (χ3n) is 4.17. The van der Waals surface area contributed by atoms with E-state index in [0.717, 1.165) is 5.56 Å². The van der Waals surface area contributed by atoms with Gasteiger partial charge in [0.25, 0.3) is 5.91 Å². The van der Waals surface area contributed by atoms with Crippen molar-refractivity contribution in [2.75, 3.05) is 10.8 Å². The summed E-state index contributed by atoms with van der Waals surface area (Å²) in [7, 11) is 1.84. The predicted octanol–water partition coefficient (Wildman–Crippen LogP) is 1.84. The first-order valence-corrected chi connectivity index (χ1v) is 9.78. The lowest BCUT2D eigenvalue weighted by atomic mass is 10.2. The van der Waals surface area contributed by atoms with E-state index in [1.165, 1.54) is 16.8 Å². The highest BCUT2D eigenvalue weighted by Gasteiger charge is 2.26. The van der Waals surface area contributed by atoms with Crippen molar-refractivity contribution in [1.29, 1.82) is 0 Å². The number of hydrogen-bond donors (Lipinski definition) is 1. The van der Waals surface area contributed by atoms with E-state index in [-0.39, 0.29) is 24.0 Å². The van der Waals surface area contributed by atoms with Crippen LogP contribution in [0.4, 0.5) is 5.69 Å². The van der Waals surface area contributed by atoms with Crippen LogP contribution < -0.4 is 10.3 Å². The summed E-state index contributed by atoms with van der Waals surface area (Å²) < 4.78 is 1.82. The van der Waals surface area contributed by atoms with E-state index in [4.69, 9.17) is 0 Å². The number of hydrogen-bond acceptors (Lipinski definition) is 7. The van der Waals surface area contributed by atoms with Crippen LogP contribution in [0.1, 0.15) is 6.42 Å². The van der Waals surface area contributed by atoms with Crippen molar-refractivity contribution in [2.24, 2.45) is 12.1 Å². The van der Waals surface area contributed by atoms with Gasteiger partial charge in [0.2, 0.25) is 5.91 Å². The smallest absolute Gasteiger partial charge is 0.255 e. The fraction of sp³-hybridized carbons (Fsp3) is 0.158. The minimum absolute atomic E-state index is 0.0570. The zero-order chi connectivity index (χ0) is 20.2. The van der Waals surface area contributed by atoms with E-state index in [1.807, 2.05) is 41.9 Å². The van der Waals surface area contributed by atoms with Gasteiger partial charge in [-0.05, 0) is 24.3 Å². The number of hydrazone groups is 1. The van der Waals surface area contributed by atoms with Crippen LogP contribution in [0.2, 0.25) is 0 Å². The largest absolute Gasteiger partial charge is 0.312 e. The predicted molar refractivity (Wildman–Crippen MR) is 109 cm³/mol. The highest BCUT2D eigenvalue weighted by Crippen LogP contribution is 2.22. The van der Waals surface area contributed by atoms with Gasteiger partial charge in [-0.15, -0.1) is 10.2 Å². The summed E-state index contributed by atoms with van der Waals surface area (Å²) in [5, 5.41) is 17.1. The molecule has 3 heterocycles. The number of carbonyl (C=O) groups is 2. The Morgan fingerprint density at radius 3 is 2.66 bits per heavy atom. The molecule has 10 heteroatoms. The monoisotopic (exact) mass is 407 g/mol. The summed E-state index contributed by atoms with van der Waals surface area (Å²) >= 11 is 1.26. The number of benzene rings is 1. The van der Waals surface area contributed by atoms with Gasteiger partial charge >= 0.3 is 0 Å². The minimum atomic E-state index is -0.259. The summed E-state index contributed by atoms with van der Waals surface area (Å²) in [5.74, 6) is 0.708. The molecule has 0 unspecified atom stereocenters. The highest BCUT2D eigenvalue weighted by atomic mass is 32.2. The molecular weight excluding hydrogens is 390 g/mol. The first kappa shape index (κ1) is 18.8. The van der Waals surface area contributed by atoms with E-state index in [1.54, 1.807) is 24.5 Å². The number of amidine groups is 1. The van der Waals surface area contributed by atoms with Gasteiger partial charge in [-0.3, -0.25) is 14.6 Å². The molecule has 146 valence electrons. The molecule has 3 aromatic rings. The van der Waals surface area contributed by atoms with Crippen LogP contribution in [0, 0.1) is 0 Å². The number of amides is 2. The lowest BCUT2D eigenvalue weighted by Crippen LogP contribution is -2.31. The van der Waals surface area contributed by atoms with E-state index in [2.05, 4.69) is 25.6 Å². The Balaban J connectivity index is 1.36. The van der Waals surface area contributed by atoms with Crippen LogP contribution in [0.3, 0.4) is 0 Å². The van der Waals surface area contributed by atoms with Crippen molar-refractivity contribution >= 4 is 35.1 Å². The normalized spacial score (nSPS) is 13.5. The van der Waals surface area contributed by atoms with Crippen molar-refractivity contribution in [1.82, 2.24) is 25.1 Å². The molecule has 0 spiro atoms. The van der Waals surface area contributed by atoms with E-state index < -0.39 is 0 Å². The molecule has 1 aliphatic rings. The lowest BCUT2D eigenvalue weighted by molar-refractivity contribution is -0.117. The second-order valence-corrected chi connectivity index (χ2v) is 7.14. The summed E-state index contributed by atoms with van der Waals surface area (Å²) in [6.07, 6.45) is 3.43. The van der Waals surface area contributed by atoms with Crippen molar-refractivity contribution in [3.8, 4) is 11.4 Å². The lowest BCUT2D eigenvalue weighted by Gasteiger charge is -2.10. The average molecular weight is 407 g/mol. The van der Waals surface area contributed by atoms with Crippen LogP contribution in [0.15, 0.2) is 65.1 Å². The number of anilines is 1. The molecule has 29 heavy (non-hydrogen) atoms. The molecule has 0 bridgehead atoms. The minimum Gasteiger partial charge on any atom is -0.312 e. The summed E-state index contributed by atoms with van der Waals surface area (Å²) in [6.45, 7) is 0. The Kier molecular flexibility index (Phi) is 5.34. The van der Waals surface area contributed by atoms with Gasteiger partial charge < -0.3 is 9.88 Å². The molecule has 9 nitrogen and oxygen atoms in total. The first-order valence-electron chi connectivity index (χ1n) is 8.80. The standard InChI is InChI=1S/C19H17N7O2S/c1-25-18(13-7-9-20-10-8-13)22-23-19(25)29-12-16(27)21-15-11-17(28)26(24-15)14-5-3-2-4-6-14/h2-10H,11-12H2,1H3,(H,21,24,27). The van der Waals surface area contributed by atoms with Crippen LogP contribution in [0.25, 0.3) is 11.4 Å². The number of pyridine rings is 1. The Morgan fingerprint density at radius 2 is 1.90 bits per heavy atom. The molecule has 1 aromatic carbocycles. The van der Waals surface area contributed by atoms with E-state index >= 15 is 0 Å². The van der Waals surface area contributed by atoms with E-state index in [0.29, 0.717) is 22.5 Å². The Bertz CT molecular complexity index is 1070. The second-order valence-electron chi connectivity index (χ2n) is 6.20. The maximum absolute atomic E-state index is 12.3. The molecule has 1 aliphatic heterocycles. The Hall–Kier alpha value is -3.53. The Morgan fingerprint density at radius 1 is 1.14 bits per heavy atom. The number of thioether (sulfide) groups is 1. The van der Waals surface area contributed by atoms with Crippen molar-refractivity contribution in [2.45, 2.75) is 11.6 Å². The van der Waals surface area contributed by atoms with Crippen LogP contribution >= 0.6 is 11.8 Å². The van der Waals surface area contributed by atoms with Crippen molar-refractivity contribution < 1.29 is 9.59 Å². The fourth-order valence-electron chi connectivity index (χ4n) is 2.79. The molecule has 0 radical (unpaired) electrons. The number of carbonyl (C=O) groups excluding carboxylic acids is 2. The van der Waals surface area contributed by atoms with Gasteiger partial charge in [-0.2, -0.15) is 10.1 Å². The number of aromatic nitrogens is 4. The molecule has 0 saturated heterocycles. The Labute approximate surface area is 170 Å². The molecule has 2 amide bonds. The van der Waals surface area contributed by atoms with Crippen molar-refractivity contribution in [3.05, 3.63) is 54.9 Å². The van der Waals surface area contributed by atoms with Gasteiger partial charge in [0.15, 0.2) is 11.0 Å². The molecule has 2 aromatic heterocycles. The quantitative estimate of drug-likeness (QED) is 0.647. The first-order chi connectivity index (χ1) is 14.1. The van der Waals surface area contributed by atoms with Crippen LogP contribution in [0.5, 0.6) is 0 Å². The number of rotatable bonds is 5.